The van der Waals surface area contributed by atoms with Gasteiger partial charge in [-0.15, -0.1) is 13.2 Å². The van der Waals surface area contributed by atoms with Crippen LogP contribution in [-0.2, 0) is 0 Å². The Bertz CT molecular complexity index is 666. The van der Waals surface area contributed by atoms with Gasteiger partial charge in [-0.05, 0) is 30.3 Å². The first-order valence-corrected chi connectivity index (χ1v) is 6.09. The third-order valence-electron chi connectivity index (χ3n) is 2.51. The van der Waals surface area contributed by atoms with E-state index >= 15 is 0 Å². The smallest absolute Gasteiger partial charge is 0.406 e. The van der Waals surface area contributed by atoms with Gasteiger partial charge in [0.25, 0.3) is 0 Å². The van der Waals surface area contributed by atoms with Crippen molar-refractivity contribution in [3.8, 4) is 5.75 Å². The highest BCUT2D eigenvalue weighted by Gasteiger charge is 2.31. The fourth-order valence-corrected chi connectivity index (χ4v) is 1.99. The van der Waals surface area contributed by atoms with Gasteiger partial charge < -0.3 is 10.5 Å². The predicted octanol–water partition coefficient (Wildman–Crippen LogP) is 4.05. The quantitative estimate of drug-likeness (QED) is 0.686. The molecule has 0 saturated heterocycles. The van der Waals surface area contributed by atoms with Crippen LogP contribution in [0.2, 0.25) is 5.02 Å². The molecule has 0 heterocycles. The van der Waals surface area contributed by atoms with E-state index in [1.807, 2.05) is 0 Å². The number of halogens is 4. The number of rotatable bonds is 3. The Hall–Kier alpha value is -2.21. The fourth-order valence-electron chi connectivity index (χ4n) is 1.74. The van der Waals surface area contributed by atoms with Crippen molar-refractivity contribution in [2.45, 2.75) is 6.36 Å². The van der Waals surface area contributed by atoms with Crippen molar-refractivity contribution >= 4 is 23.1 Å². The molecule has 0 bridgehead atoms. The second-order valence-corrected chi connectivity index (χ2v) is 4.61. The maximum absolute atomic E-state index is 12.2. The summed E-state index contributed by atoms with van der Waals surface area (Å²) >= 11 is 5.79. The van der Waals surface area contributed by atoms with Gasteiger partial charge in [0.15, 0.2) is 5.78 Å². The van der Waals surface area contributed by atoms with Gasteiger partial charge in [0.1, 0.15) is 5.75 Å². The van der Waals surface area contributed by atoms with Gasteiger partial charge in [-0.1, -0.05) is 23.7 Å². The van der Waals surface area contributed by atoms with Crippen molar-refractivity contribution < 1.29 is 22.7 Å². The average molecular weight is 316 g/mol. The zero-order valence-corrected chi connectivity index (χ0v) is 11.2. The fraction of sp³-hybridized carbons (Fsp3) is 0.0714. The molecular formula is C14H9ClF3NO2. The maximum Gasteiger partial charge on any atom is 0.573 e. The van der Waals surface area contributed by atoms with Crippen LogP contribution in [0.1, 0.15) is 15.9 Å². The Balaban J connectivity index is 2.33. The summed E-state index contributed by atoms with van der Waals surface area (Å²) in [4.78, 5) is 12.2. The van der Waals surface area contributed by atoms with Gasteiger partial charge in [-0.2, -0.15) is 0 Å². The summed E-state index contributed by atoms with van der Waals surface area (Å²) in [7, 11) is 0. The number of hydrogen-bond donors (Lipinski definition) is 1. The number of anilines is 1. The SMILES string of the molecule is Nc1cc(Cl)cc(C(=O)c2cccc(OC(F)(F)F)c2)c1. The van der Waals surface area contributed by atoms with E-state index < -0.39 is 17.9 Å². The molecule has 0 aliphatic carbocycles. The summed E-state index contributed by atoms with van der Waals surface area (Å²) in [6.07, 6.45) is -4.82. The third-order valence-corrected chi connectivity index (χ3v) is 2.73. The number of carbonyl (C=O) groups is 1. The van der Waals surface area contributed by atoms with E-state index in [2.05, 4.69) is 4.74 Å². The summed E-state index contributed by atoms with van der Waals surface area (Å²) in [6, 6.07) is 9.03. The first-order chi connectivity index (χ1) is 9.74. The number of ketones is 1. The Kier molecular flexibility index (Phi) is 4.09. The second kappa shape index (κ2) is 5.65. The number of carbonyl (C=O) groups excluding carboxylic acids is 1. The zero-order valence-electron chi connectivity index (χ0n) is 10.4. The van der Waals surface area contributed by atoms with Crippen molar-refractivity contribution in [1.29, 1.82) is 0 Å². The Morgan fingerprint density at radius 1 is 1.10 bits per heavy atom. The number of nitrogens with two attached hydrogens (primary N) is 1. The van der Waals surface area contributed by atoms with Gasteiger partial charge in [0.2, 0.25) is 0 Å². The summed E-state index contributed by atoms with van der Waals surface area (Å²) in [5.41, 5.74) is 6.09. The van der Waals surface area contributed by atoms with E-state index in [0.717, 1.165) is 12.1 Å². The minimum absolute atomic E-state index is 0.0402. The van der Waals surface area contributed by atoms with Crippen molar-refractivity contribution in [1.82, 2.24) is 0 Å². The third kappa shape index (κ3) is 4.13. The molecule has 0 aromatic heterocycles. The van der Waals surface area contributed by atoms with Crippen molar-refractivity contribution in [2.24, 2.45) is 0 Å². The number of alkyl halides is 3. The van der Waals surface area contributed by atoms with Crippen LogP contribution in [0.25, 0.3) is 0 Å². The van der Waals surface area contributed by atoms with Crippen molar-refractivity contribution in [3.05, 3.63) is 58.6 Å². The van der Waals surface area contributed by atoms with E-state index in [9.17, 15) is 18.0 Å². The first kappa shape index (κ1) is 15.2. The molecule has 0 saturated carbocycles. The average Bonchev–Trinajstić information content (AvgIpc) is 2.35. The Morgan fingerprint density at radius 3 is 2.43 bits per heavy atom. The van der Waals surface area contributed by atoms with Crippen molar-refractivity contribution in [3.63, 3.8) is 0 Å². The van der Waals surface area contributed by atoms with E-state index in [-0.39, 0.29) is 21.8 Å². The molecule has 2 rings (SSSR count). The molecule has 0 radical (unpaired) electrons. The molecule has 7 heteroatoms. The summed E-state index contributed by atoms with van der Waals surface area (Å²) in [5.74, 6) is -0.972. The van der Waals surface area contributed by atoms with Crippen molar-refractivity contribution in [2.75, 3.05) is 5.73 Å². The molecule has 0 fully saturated rings. The molecule has 21 heavy (non-hydrogen) atoms. The van der Waals surface area contributed by atoms with E-state index in [0.29, 0.717) is 0 Å². The Morgan fingerprint density at radius 2 is 1.81 bits per heavy atom. The van der Waals surface area contributed by atoms with Crippen LogP contribution in [-0.4, -0.2) is 12.1 Å². The highest BCUT2D eigenvalue weighted by Crippen LogP contribution is 2.25. The summed E-state index contributed by atoms with van der Waals surface area (Å²) in [6.45, 7) is 0. The lowest BCUT2D eigenvalue weighted by molar-refractivity contribution is -0.274. The largest absolute Gasteiger partial charge is 0.573 e. The van der Waals surface area contributed by atoms with Crippen LogP contribution < -0.4 is 10.5 Å². The highest BCUT2D eigenvalue weighted by molar-refractivity contribution is 6.31. The van der Waals surface area contributed by atoms with Gasteiger partial charge in [-0.3, -0.25) is 4.79 Å². The molecule has 0 spiro atoms. The Labute approximate surface area is 123 Å². The molecule has 0 amide bonds. The van der Waals surface area contributed by atoms with E-state index in [4.69, 9.17) is 17.3 Å². The molecule has 110 valence electrons. The monoisotopic (exact) mass is 315 g/mol. The van der Waals surface area contributed by atoms with Gasteiger partial charge in [0.05, 0.1) is 0 Å². The molecule has 2 N–H and O–H groups in total. The maximum atomic E-state index is 12.2. The van der Waals surface area contributed by atoms with Crippen LogP contribution in [0, 0.1) is 0 Å². The van der Waals surface area contributed by atoms with Crippen LogP contribution in [0.15, 0.2) is 42.5 Å². The molecular weight excluding hydrogens is 307 g/mol. The molecule has 2 aromatic carbocycles. The standard InChI is InChI=1S/C14H9ClF3NO2/c15-10-4-9(5-11(19)7-10)13(20)8-2-1-3-12(6-8)21-14(16,17)18/h1-7H,19H2. The van der Waals surface area contributed by atoms with Crippen LogP contribution >= 0.6 is 11.6 Å². The molecule has 3 nitrogen and oxygen atoms in total. The molecule has 2 aromatic rings. The summed E-state index contributed by atoms with van der Waals surface area (Å²) in [5, 5.41) is 0.265. The lowest BCUT2D eigenvalue weighted by Crippen LogP contribution is -2.17. The number of ether oxygens (including phenoxy) is 1. The molecule has 0 unspecified atom stereocenters. The number of benzene rings is 2. The number of hydrogen-bond acceptors (Lipinski definition) is 3. The van der Waals surface area contributed by atoms with Crippen LogP contribution in [0.5, 0.6) is 5.75 Å². The predicted molar refractivity (Wildman–Crippen MR) is 72.4 cm³/mol. The van der Waals surface area contributed by atoms with Gasteiger partial charge >= 0.3 is 6.36 Å². The minimum atomic E-state index is -4.82. The first-order valence-electron chi connectivity index (χ1n) is 5.71. The van der Waals surface area contributed by atoms with Gasteiger partial charge in [-0.25, -0.2) is 0 Å². The van der Waals surface area contributed by atoms with Crippen LogP contribution in [0.4, 0.5) is 18.9 Å². The topological polar surface area (TPSA) is 52.3 Å². The lowest BCUT2D eigenvalue weighted by atomic mass is 10.0. The zero-order chi connectivity index (χ0) is 15.6. The molecule has 0 aliphatic heterocycles. The number of nitrogen functional groups attached to an aromatic ring is 1. The van der Waals surface area contributed by atoms with Gasteiger partial charge in [0, 0.05) is 21.8 Å². The molecule has 0 atom stereocenters. The van der Waals surface area contributed by atoms with E-state index in [1.165, 1.54) is 30.3 Å². The highest BCUT2D eigenvalue weighted by atomic mass is 35.5. The second-order valence-electron chi connectivity index (χ2n) is 4.18. The lowest BCUT2D eigenvalue weighted by Gasteiger charge is -2.10. The van der Waals surface area contributed by atoms with E-state index in [1.54, 1.807) is 0 Å². The molecule has 0 aliphatic rings. The van der Waals surface area contributed by atoms with Crippen LogP contribution in [0.3, 0.4) is 0 Å². The normalized spacial score (nSPS) is 11.2. The summed E-state index contributed by atoms with van der Waals surface area (Å²) < 4.78 is 40.3. The minimum Gasteiger partial charge on any atom is -0.406 e.